The molecular formula is C67H90N5O13P. The van der Waals surface area contributed by atoms with Crippen LogP contribution < -0.4 is 26.0 Å². The number of amides is 1. The van der Waals surface area contributed by atoms with Crippen molar-refractivity contribution in [3.63, 3.8) is 0 Å². The predicted molar refractivity (Wildman–Crippen MR) is 327 cm³/mol. The molecule has 5 aliphatic rings. The largest absolute Gasteiger partial charge is 0.497 e. The highest BCUT2D eigenvalue weighted by molar-refractivity contribution is 7.44. The third-order valence-electron chi connectivity index (χ3n) is 20.2. The highest BCUT2D eigenvalue weighted by Crippen LogP contribution is 2.69. The molecule has 9 rings (SSSR count). The van der Waals surface area contributed by atoms with Gasteiger partial charge in [-0.1, -0.05) is 75.4 Å². The number of hydrogen-bond donors (Lipinski definition) is 2. The molecule has 4 saturated carbocycles. The molecule has 18 nitrogen and oxygen atoms in total. The van der Waals surface area contributed by atoms with Gasteiger partial charge in [0, 0.05) is 50.4 Å². The number of nitrogens with zero attached hydrogens (tertiary/aromatic N) is 3. The van der Waals surface area contributed by atoms with Gasteiger partial charge in [0.2, 0.25) is 5.91 Å². The van der Waals surface area contributed by atoms with Gasteiger partial charge in [0.15, 0.2) is 0 Å². The van der Waals surface area contributed by atoms with E-state index in [1.165, 1.54) is 24.6 Å². The first-order valence-electron chi connectivity index (χ1n) is 31.0. The quantitative estimate of drug-likeness (QED) is 0.0288. The monoisotopic (exact) mass is 1200 g/mol. The maximum absolute atomic E-state index is 14.2. The number of carbonyl (C=O) groups is 3. The van der Waals surface area contributed by atoms with Gasteiger partial charge in [0.05, 0.1) is 46.0 Å². The number of rotatable bonds is 24. The molecule has 2 N–H and O–H groups in total. The van der Waals surface area contributed by atoms with E-state index in [0.29, 0.717) is 41.6 Å². The van der Waals surface area contributed by atoms with E-state index >= 15 is 0 Å². The molecule has 86 heavy (non-hydrogen) atoms. The van der Waals surface area contributed by atoms with Crippen LogP contribution in [0.5, 0.6) is 11.5 Å². The van der Waals surface area contributed by atoms with Crippen LogP contribution in [0, 0.1) is 57.7 Å². The third kappa shape index (κ3) is 13.4. The third-order valence-corrected chi connectivity index (χ3v) is 22.3. The number of ether oxygens (including phenoxy) is 6. The molecule has 19 heteroatoms. The van der Waals surface area contributed by atoms with Crippen molar-refractivity contribution in [2.75, 3.05) is 32.8 Å². The number of nitrogens with one attached hydrogen (secondary N) is 2. The molecule has 1 aromatic heterocycles. The second kappa shape index (κ2) is 27.6. The molecule has 1 amide bonds. The fraction of sp³-hybridized carbons (Fsp3) is 0.612. The van der Waals surface area contributed by atoms with Crippen LogP contribution in [-0.4, -0.2) is 96.0 Å². The van der Waals surface area contributed by atoms with Gasteiger partial charge in [-0.3, -0.25) is 28.7 Å². The van der Waals surface area contributed by atoms with E-state index in [0.717, 1.165) is 68.1 Å². The Morgan fingerprint density at radius 3 is 2.07 bits per heavy atom. The second-order valence-electron chi connectivity index (χ2n) is 25.7. The molecule has 0 spiro atoms. The summed E-state index contributed by atoms with van der Waals surface area (Å²) in [6.07, 6.45) is 6.98. The van der Waals surface area contributed by atoms with Crippen LogP contribution in [-0.2, 0) is 48.0 Å². The molecular weight excluding hydrogens is 1110 g/mol. The lowest BCUT2D eigenvalue weighted by atomic mass is 9.43. The van der Waals surface area contributed by atoms with Crippen LogP contribution in [0.25, 0.3) is 0 Å². The smallest absolute Gasteiger partial charge is 0.330 e. The SMILES string of the molecule is COc1ccc(C(OC[C@H]2O[C@@H](n3cc(NC(=O)CC[C@@H](C)[C@H]4CC[C@H]5[C@@H]6CC[C@@H]7C[C@H](OC(C)=O)CC[C@]7(C)[C@H]6C[C@H](OC(C)=O)[C@]45C)c(=O)[nH]c3=O)C[C@@H]2OP(OCCC#N)N(C(C)C)C(C)C)(c2ccccc2)c2ccc(OC)cc2)cc1. The lowest BCUT2D eigenvalue weighted by Crippen LogP contribution is -2.59. The van der Waals surface area contributed by atoms with Crippen molar-refractivity contribution >= 4 is 32.1 Å². The summed E-state index contributed by atoms with van der Waals surface area (Å²) in [6.45, 7) is 18.2. The van der Waals surface area contributed by atoms with E-state index in [-0.39, 0.29) is 103 Å². The molecule has 5 fully saturated rings. The van der Waals surface area contributed by atoms with Crippen LogP contribution in [0.2, 0.25) is 0 Å². The number of carbonyl (C=O) groups excluding carboxylic acids is 3. The Hall–Kier alpha value is -5.93. The van der Waals surface area contributed by atoms with Crippen LogP contribution in [0.3, 0.4) is 0 Å². The minimum absolute atomic E-state index is 0.0185. The predicted octanol–water partition coefficient (Wildman–Crippen LogP) is 12.0. The molecule has 14 atom stereocenters. The Morgan fingerprint density at radius 2 is 1.47 bits per heavy atom. The van der Waals surface area contributed by atoms with E-state index in [9.17, 15) is 29.2 Å². The number of aromatic nitrogens is 2. The fourth-order valence-corrected chi connectivity index (χ4v) is 18.0. The summed E-state index contributed by atoms with van der Waals surface area (Å²) in [4.78, 5) is 69.3. The Kier molecular flexibility index (Phi) is 20.7. The summed E-state index contributed by atoms with van der Waals surface area (Å²) < 4.78 is 54.5. The van der Waals surface area contributed by atoms with Crippen molar-refractivity contribution in [3.05, 3.63) is 123 Å². The summed E-state index contributed by atoms with van der Waals surface area (Å²) >= 11 is 0. The summed E-state index contributed by atoms with van der Waals surface area (Å²) in [5, 5.41) is 12.4. The highest BCUT2D eigenvalue weighted by Gasteiger charge is 2.65. The first kappa shape index (κ1) is 64.5. The fourth-order valence-electron chi connectivity index (χ4n) is 16.2. The van der Waals surface area contributed by atoms with Gasteiger partial charge >= 0.3 is 17.6 Å². The van der Waals surface area contributed by atoms with Gasteiger partial charge in [-0.25, -0.2) is 9.46 Å². The zero-order valence-corrected chi connectivity index (χ0v) is 53.0. The van der Waals surface area contributed by atoms with Gasteiger partial charge in [0.1, 0.15) is 47.3 Å². The molecule has 1 unspecified atom stereocenters. The van der Waals surface area contributed by atoms with Gasteiger partial charge in [-0.15, -0.1) is 0 Å². The Morgan fingerprint density at radius 1 is 0.826 bits per heavy atom. The minimum Gasteiger partial charge on any atom is -0.497 e. The van der Waals surface area contributed by atoms with E-state index < -0.39 is 43.8 Å². The lowest BCUT2D eigenvalue weighted by molar-refractivity contribution is -0.197. The number of aromatic amines is 1. The van der Waals surface area contributed by atoms with E-state index in [2.05, 4.69) is 69.5 Å². The molecule has 466 valence electrons. The molecule has 3 aromatic carbocycles. The van der Waals surface area contributed by atoms with Crippen molar-refractivity contribution in [1.82, 2.24) is 14.2 Å². The average molecular weight is 1200 g/mol. The van der Waals surface area contributed by atoms with Crippen LogP contribution in [0.15, 0.2) is 94.6 Å². The lowest BCUT2D eigenvalue weighted by Gasteiger charge is -2.62. The number of benzene rings is 3. The van der Waals surface area contributed by atoms with Gasteiger partial charge in [-0.2, -0.15) is 5.26 Å². The number of esters is 2. The maximum atomic E-state index is 14.2. The molecule has 0 bridgehead atoms. The maximum Gasteiger partial charge on any atom is 0.330 e. The van der Waals surface area contributed by atoms with Crippen molar-refractivity contribution in [2.45, 2.75) is 188 Å². The molecule has 4 aromatic rings. The molecule has 1 aliphatic heterocycles. The van der Waals surface area contributed by atoms with Gasteiger partial charge in [0.25, 0.3) is 14.1 Å². The molecule has 0 radical (unpaired) electrons. The molecule has 4 aliphatic carbocycles. The van der Waals surface area contributed by atoms with Crippen molar-refractivity contribution in [2.24, 2.45) is 46.3 Å². The summed E-state index contributed by atoms with van der Waals surface area (Å²) in [7, 11) is 1.42. The Bertz CT molecular complexity index is 3080. The summed E-state index contributed by atoms with van der Waals surface area (Å²) in [5.41, 5.74) is -0.644. The average Bonchev–Trinajstić information content (AvgIpc) is 1.38. The zero-order chi connectivity index (χ0) is 61.7. The summed E-state index contributed by atoms with van der Waals surface area (Å²) in [5.74, 6) is 2.37. The van der Waals surface area contributed by atoms with Crippen LogP contribution in [0.4, 0.5) is 5.69 Å². The second-order valence-corrected chi connectivity index (χ2v) is 27.1. The Labute approximate surface area is 508 Å². The Balaban J connectivity index is 0.963. The van der Waals surface area contributed by atoms with E-state index in [1.807, 2.05) is 78.9 Å². The van der Waals surface area contributed by atoms with Gasteiger partial charge < -0.3 is 42.8 Å². The van der Waals surface area contributed by atoms with Crippen molar-refractivity contribution in [1.29, 1.82) is 5.26 Å². The number of hydrogen-bond acceptors (Lipinski definition) is 15. The first-order valence-corrected chi connectivity index (χ1v) is 32.2. The van der Waals surface area contributed by atoms with Crippen LogP contribution >= 0.6 is 8.53 Å². The summed E-state index contributed by atoms with van der Waals surface area (Å²) in [6, 6.07) is 27.4. The molecule has 1 saturated heterocycles. The van der Waals surface area contributed by atoms with E-state index in [1.54, 1.807) is 14.2 Å². The normalized spacial score (nSPS) is 28.6. The molecule has 2 heterocycles. The zero-order valence-electron chi connectivity index (χ0n) is 52.1. The van der Waals surface area contributed by atoms with Gasteiger partial charge in [-0.05, 0) is 167 Å². The van der Waals surface area contributed by atoms with Crippen molar-refractivity contribution < 1.29 is 51.9 Å². The van der Waals surface area contributed by atoms with Crippen LogP contribution in [0.1, 0.15) is 162 Å². The first-order chi connectivity index (χ1) is 41.1. The number of methoxy groups -OCH3 is 2. The standard InChI is InChI=1S/C67H90N5O13P/c1-41(2)72(42(3)4)86(81-35-15-34-68)85-58-38-62(84-59(58)40-80-67(46-16-13-12-14-17-46,47-19-24-50(78-10)25-20-47)48-21-26-51(79-11)27-22-48)71-39-57(63(76)70-64(71)77)69-61(75)31-18-43(5)54-29-30-55-53-28-23-49-36-52(82-44(6)73)32-33-65(49,8)56(53)37-60(66(54,55)9)83-45(7)74/h12-14,16-17,19-22,24-27,39,41-43,49,52-56,58-60,62H,15,18,23,28-33,35-38,40H2,1-11H3,(H,69,75)(H,70,76,77)/t43-,49-,52-,53+,54-,55+,56+,58+,59-,60+,62-,65+,66-,86?/m1/s1. The topological polar surface area (TPSA) is 219 Å². The van der Waals surface area contributed by atoms with Crippen molar-refractivity contribution in [3.8, 4) is 17.6 Å². The van der Waals surface area contributed by atoms with E-state index in [4.69, 9.17) is 37.5 Å². The number of fused-ring (bicyclic) bond motifs is 5. The minimum atomic E-state index is -1.81. The number of nitriles is 1. The number of H-pyrrole nitrogens is 1. The number of anilines is 1. The highest BCUT2D eigenvalue weighted by atomic mass is 31.2.